The number of benzene rings is 1. The van der Waals surface area contributed by atoms with Gasteiger partial charge in [0.05, 0.1) is 6.54 Å². The lowest BCUT2D eigenvalue weighted by Gasteiger charge is -2.15. The Morgan fingerprint density at radius 2 is 1.92 bits per heavy atom. The summed E-state index contributed by atoms with van der Waals surface area (Å²) in [6.45, 7) is 1.24. The van der Waals surface area contributed by atoms with Gasteiger partial charge in [-0.15, -0.1) is 0 Å². The number of amides is 2. The summed E-state index contributed by atoms with van der Waals surface area (Å²) in [6, 6.07) is 8.99. The fourth-order valence-electron chi connectivity index (χ4n) is 1.66. The van der Waals surface area contributed by atoms with Gasteiger partial charge in [-0.05, 0) is 18.6 Å². The summed E-state index contributed by atoms with van der Waals surface area (Å²) in [4.78, 5) is 36.0. The van der Waals surface area contributed by atoms with Gasteiger partial charge in [0.2, 0.25) is 5.91 Å². The number of hydrogen-bond donors (Lipinski definition) is 1. The lowest BCUT2D eigenvalue weighted by Crippen LogP contribution is -2.39. The third-order valence-corrected chi connectivity index (χ3v) is 3.14. The second kappa shape index (κ2) is 9.10. The van der Waals surface area contributed by atoms with Crippen LogP contribution in [-0.4, -0.2) is 49.9 Å². The van der Waals surface area contributed by atoms with Crippen molar-refractivity contribution in [2.75, 3.05) is 27.2 Å². The number of nitrogens with one attached hydrogen (secondary N) is 1. The van der Waals surface area contributed by atoms with Gasteiger partial charge in [-0.25, -0.2) is 4.79 Å². The smallest absolute Gasteiger partial charge is 0.349 e. The number of likely N-dealkylation sites (N-methyl/N-ethyl adjacent to an activating group) is 2. The van der Waals surface area contributed by atoms with Crippen LogP contribution in [0.15, 0.2) is 29.8 Å². The van der Waals surface area contributed by atoms with Crippen LogP contribution >= 0.6 is 0 Å². The Hall–Kier alpha value is -3.14. The molecule has 126 valence electrons. The van der Waals surface area contributed by atoms with E-state index in [1.807, 2.05) is 19.1 Å². The number of hydrogen-bond acceptors (Lipinski definition) is 5. The molecule has 0 saturated heterocycles. The molecule has 0 bridgehead atoms. The topological polar surface area (TPSA) is 99.5 Å². The van der Waals surface area contributed by atoms with Crippen molar-refractivity contribution in [2.45, 2.75) is 6.92 Å². The van der Waals surface area contributed by atoms with Gasteiger partial charge >= 0.3 is 5.97 Å². The lowest BCUT2D eigenvalue weighted by molar-refractivity contribution is -0.148. The maximum atomic E-state index is 11.9. The molecule has 2 amide bonds. The first-order valence-electron chi connectivity index (χ1n) is 7.17. The number of ether oxygens (including phenoxy) is 1. The highest BCUT2D eigenvalue weighted by Gasteiger charge is 2.16. The number of rotatable bonds is 6. The van der Waals surface area contributed by atoms with Gasteiger partial charge in [0, 0.05) is 14.1 Å². The van der Waals surface area contributed by atoms with E-state index in [-0.39, 0.29) is 18.0 Å². The van der Waals surface area contributed by atoms with Crippen molar-refractivity contribution in [1.82, 2.24) is 10.2 Å². The molecule has 1 rings (SSSR count). The number of nitriles is 1. The van der Waals surface area contributed by atoms with Crippen LogP contribution in [0.1, 0.15) is 11.1 Å². The summed E-state index contributed by atoms with van der Waals surface area (Å²) in [6.07, 6.45) is 1.39. The lowest BCUT2D eigenvalue weighted by atomic mass is 10.1. The second-order valence-corrected chi connectivity index (χ2v) is 5.08. The highest BCUT2D eigenvalue weighted by Crippen LogP contribution is 2.09. The molecule has 7 nitrogen and oxygen atoms in total. The monoisotopic (exact) mass is 329 g/mol. The van der Waals surface area contributed by atoms with Crippen LogP contribution in [-0.2, 0) is 19.1 Å². The van der Waals surface area contributed by atoms with Crippen molar-refractivity contribution in [1.29, 1.82) is 5.26 Å². The standard InChI is InChI=1S/C17H19N3O4/c1-12-4-6-13(7-5-12)8-14(9-18)17(23)24-11-16(22)20(3)10-15(21)19-2/h4-8H,10-11H2,1-3H3,(H,19,21)/b14-8+. The summed E-state index contributed by atoms with van der Waals surface area (Å²) in [5.74, 6) is -1.77. The highest BCUT2D eigenvalue weighted by atomic mass is 16.5. The Morgan fingerprint density at radius 3 is 2.46 bits per heavy atom. The molecular weight excluding hydrogens is 310 g/mol. The van der Waals surface area contributed by atoms with Gasteiger partial charge in [-0.3, -0.25) is 9.59 Å². The van der Waals surface area contributed by atoms with Gasteiger partial charge in [-0.2, -0.15) is 5.26 Å². The van der Waals surface area contributed by atoms with Gasteiger partial charge in [0.1, 0.15) is 11.6 Å². The van der Waals surface area contributed by atoms with Crippen LogP contribution in [0.2, 0.25) is 0 Å². The summed E-state index contributed by atoms with van der Waals surface area (Å²) < 4.78 is 4.84. The number of esters is 1. The molecule has 7 heteroatoms. The molecule has 1 N–H and O–H groups in total. The molecule has 0 saturated carbocycles. The Bertz CT molecular complexity index is 687. The van der Waals surface area contributed by atoms with E-state index in [4.69, 9.17) is 10.00 Å². The Labute approximate surface area is 140 Å². The third-order valence-electron chi connectivity index (χ3n) is 3.14. The molecular formula is C17H19N3O4. The van der Waals surface area contributed by atoms with Crippen LogP contribution in [0.4, 0.5) is 0 Å². The minimum absolute atomic E-state index is 0.142. The van der Waals surface area contributed by atoms with E-state index in [2.05, 4.69) is 5.32 Å². The number of aryl methyl sites for hydroxylation is 1. The minimum Gasteiger partial charge on any atom is -0.451 e. The second-order valence-electron chi connectivity index (χ2n) is 5.08. The van der Waals surface area contributed by atoms with Crippen molar-refractivity contribution in [3.05, 3.63) is 41.0 Å². The molecule has 0 spiro atoms. The van der Waals surface area contributed by atoms with E-state index in [9.17, 15) is 14.4 Å². The summed E-state index contributed by atoms with van der Waals surface area (Å²) >= 11 is 0. The molecule has 1 aromatic rings. The van der Waals surface area contributed by atoms with Crippen LogP contribution in [0, 0.1) is 18.3 Å². The van der Waals surface area contributed by atoms with Crippen molar-refractivity contribution in [3.63, 3.8) is 0 Å². The Kier molecular flexibility index (Phi) is 7.17. The van der Waals surface area contributed by atoms with Crippen LogP contribution in [0.3, 0.4) is 0 Å². The quantitative estimate of drug-likeness (QED) is 0.469. The van der Waals surface area contributed by atoms with E-state index >= 15 is 0 Å². The molecule has 0 aromatic heterocycles. The number of carbonyl (C=O) groups excluding carboxylic acids is 3. The van der Waals surface area contributed by atoms with E-state index in [1.54, 1.807) is 18.2 Å². The predicted molar refractivity (Wildman–Crippen MR) is 87.4 cm³/mol. The summed E-state index contributed by atoms with van der Waals surface area (Å²) in [5, 5.41) is 11.5. The van der Waals surface area contributed by atoms with Gasteiger partial charge in [-0.1, -0.05) is 29.8 Å². The van der Waals surface area contributed by atoms with Crippen molar-refractivity contribution in [2.24, 2.45) is 0 Å². The third kappa shape index (κ3) is 5.93. The maximum absolute atomic E-state index is 11.9. The summed E-state index contributed by atoms with van der Waals surface area (Å²) in [5.41, 5.74) is 1.52. The first kappa shape index (κ1) is 18.9. The molecule has 0 heterocycles. The van der Waals surface area contributed by atoms with Crippen LogP contribution < -0.4 is 5.32 Å². The predicted octanol–water partition coefficient (Wildman–Crippen LogP) is 0.650. The fraction of sp³-hybridized carbons (Fsp3) is 0.294. The average molecular weight is 329 g/mol. The van der Waals surface area contributed by atoms with Crippen LogP contribution in [0.25, 0.3) is 6.08 Å². The maximum Gasteiger partial charge on any atom is 0.349 e. The first-order chi connectivity index (χ1) is 11.4. The number of nitrogens with zero attached hydrogens (tertiary/aromatic N) is 2. The Balaban J connectivity index is 2.65. The van der Waals surface area contributed by atoms with E-state index < -0.39 is 18.5 Å². The molecule has 0 fully saturated rings. The SMILES string of the molecule is CNC(=O)CN(C)C(=O)COC(=O)/C(C#N)=C/c1ccc(C)cc1. The largest absolute Gasteiger partial charge is 0.451 e. The molecule has 1 aromatic carbocycles. The Morgan fingerprint density at radius 1 is 1.29 bits per heavy atom. The van der Waals surface area contributed by atoms with Gasteiger partial charge in [0.15, 0.2) is 6.61 Å². The molecule has 0 aliphatic carbocycles. The van der Waals surface area contributed by atoms with Crippen molar-refractivity contribution in [3.8, 4) is 6.07 Å². The molecule has 0 unspecified atom stereocenters. The zero-order valence-electron chi connectivity index (χ0n) is 13.8. The van der Waals surface area contributed by atoms with Crippen molar-refractivity contribution >= 4 is 23.9 Å². The molecule has 0 radical (unpaired) electrons. The van der Waals surface area contributed by atoms with Crippen LogP contribution in [0.5, 0.6) is 0 Å². The zero-order valence-corrected chi connectivity index (χ0v) is 13.8. The van der Waals surface area contributed by atoms with E-state index in [1.165, 1.54) is 20.2 Å². The highest BCUT2D eigenvalue weighted by molar-refractivity contribution is 5.99. The van der Waals surface area contributed by atoms with Gasteiger partial charge < -0.3 is 15.0 Å². The molecule has 0 aliphatic heterocycles. The fourth-order valence-corrected chi connectivity index (χ4v) is 1.66. The number of carbonyl (C=O) groups is 3. The molecule has 0 atom stereocenters. The minimum atomic E-state index is -0.889. The van der Waals surface area contributed by atoms with E-state index in [0.717, 1.165) is 10.5 Å². The summed E-state index contributed by atoms with van der Waals surface area (Å²) in [7, 11) is 2.87. The van der Waals surface area contributed by atoms with Gasteiger partial charge in [0.25, 0.3) is 5.91 Å². The van der Waals surface area contributed by atoms with E-state index in [0.29, 0.717) is 5.56 Å². The normalized spacial score (nSPS) is 10.5. The zero-order chi connectivity index (χ0) is 18.1. The molecule has 0 aliphatic rings. The van der Waals surface area contributed by atoms with Crippen molar-refractivity contribution < 1.29 is 19.1 Å². The average Bonchev–Trinajstić information content (AvgIpc) is 2.58. The molecule has 24 heavy (non-hydrogen) atoms. The first-order valence-corrected chi connectivity index (χ1v) is 7.17.